The van der Waals surface area contributed by atoms with Crippen LogP contribution >= 0.6 is 11.3 Å². The summed E-state index contributed by atoms with van der Waals surface area (Å²) in [5, 5.41) is 1.96. The van der Waals surface area contributed by atoms with E-state index in [0.29, 0.717) is 6.04 Å². The van der Waals surface area contributed by atoms with E-state index in [9.17, 15) is 4.79 Å². The quantitative estimate of drug-likeness (QED) is 0.913. The van der Waals surface area contributed by atoms with Gasteiger partial charge in [-0.15, -0.1) is 11.3 Å². The second-order valence-corrected chi connectivity index (χ2v) is 6.09. The second-order valence-electron chi connectivity index (χ2n) is 5.11. The molecule has 1 aromatic rings. The fraction of sp³-hybridized carbons (Fsp3) is 0.643. The maximum atomic E-state index is 12.3. The molecule has 0 aliphatic carbocycles. The zero-order chi connectivity index (χ0) is 13.8. The summed E-state index contributed by atoms with van der Waals surface area (Å²) in [4.78, 5) is 17.6. The number of piperazine rings is 1. The van der Waals surface area contributed by atoms with Crippen molar-refractivity contribution in [2.24, 2.45) is 5.73 Å². The lowest BCUT2D eigenvalue weighted by molar-refractivity contribution is -0.134. The summed E-state index contributed by atoms with van der Waals surface area (Å²) in [5.74, 6) is 0.0613. The minimum atomic E-state index is -0.491. The van der Waals surface area contributed by atoms with E-state index in [0.717, 1.165) is 37.5 Å². The Balaban J connectivity index is 1.89. The molecule has 0 bridgehead atoms. The van der Waals surface area contributed by atoms with E-state index >= 15 is 0 Å². The molecule has 0 saturated carbocycles. The van der Waals surface area contributed by atoms with Crippen LogP contribution in [-0.2, 0) is 4.79 Å². The summed E-state index contributed by atoms with van der Waals surface area (Å²) in [5.41, 5.74) is 6.04. The molecule has 2 atom stereocenters. The molecule has 0 radical (unpaired) electrons. The van der Waals surface area contributed by atoms with Gasteiger partial charge in [-0.05, 0) is 24.8 Å². The Labute approximate surface area is 119 Å². The van der Waals surface area contributed by atoms with Crippen LogP contribution in [0.5, 0.6) is 0 Å². The first-order chi connectivity index (χ1) is 9.13. The van der Waals surface area contributed by atoms with Gasteiger partial charge in [0.1, 0.15) is 6.04 Å². The Hall–Kier alpha value is -0.910. The predicted octanol–water partition coefficient (Wildman–Crippen LogP) is 1.69. The van der Waals surface area contributed by atoms with Crippen molar-refractivity contribution in [1.29, 1.82) is 0 Å². The van der Waals surface area contributed by atoms with Gasteiger partial charge in [-0.3, -0.25) is 9.69 Å². The van der Waals surface area contributed by atoms with Crippen molar-refractivity contribution < 1.29 is 4.79 Å². The lowest BCUT2D eigenvalue weighted by atomic mass is 10.1. The van der Waals surface area contributed by atoms with Gasteiger partial charge in [0.2, 0.25) is 5.91 Å². The molecular weight excluding hydrogens is 258 g/mol. The highest BCUT2D eigenvalue weighted by Crippen LogP contribution is 2.20. The maximum Gasteiger partial charge on any atom is 0.245 e. The number of carbonyl (C=O) groups is 1. The molecule has 0 spiro atoms. The molecule has 2 unspecified atom stereocenters. The van der Waals surface area contributed by atoms with E-state index in [1.807, 2.05) is 22.4 Å². The number of nitrogens with two attached hydrogens (primary N) is 1. The molecule has 1 fully saturated rings. The van der Waals surface area contributed by atoms with Crippen LogP contribution in [0.4, 0.5) is 0 Å². The van der Waals surface area contributed by atoms with Gasteiger partial charge in [-0.25, -0.2) is 0 Å². The van der Waals surface area contributed by atoms with Crippen molar-refractivity contribution >= 4 is 17.2 Å². The Morgan fingerprint density at radius 3 is 2.63 bits per heavy atom. The fourth-order valence-electron chi connectivity index (χ4n) is 2.43. The first kappa shape index (κ1) is 14.5. The fourth-order valence-corrected chi connectivity index (χ4v) is 3.15. The molecule has 2 N–H and O–H groups in total. The number of carbonyl (C=O) groups excluding carboxylic acids is 1. The monoisotopic (exact) mass is 281 g/mol. The van der Waals surface area contributed by atoms with Gasteiger partial charge in [-0.2, -0.15) is 0 Å². The van der Waals surface area contributed by atoms with Crippen molar-refractivity contribution in [1.82, 2.24) is 9.80 Å². The van der Waals surface area contributed by atoms with Crippen molar-refractivity contribution in [2.75, 3.05) is 26.2 Å². The molecule has 4 nitrogen and oxygen atoms in total. The van der Waals surface area contributed by atoms with Crippen molar-refractivity contribution in [3.63, 3.8) is 0 Å². The Bertz CT molecular complexity index is 399. The average Bonchev–Trinajstić information content (AvgIpc) is 2.99. The van der Waals surface area contributed by atoms with Crippen LogP contribution in [0.1, 0.15) is 31.2 Å². The zero-order valence-corrected chi connectivity index (χ0v) is 12.5. The van der Waals surface area contributed by atoms with E-state index in [4.69, 9.17) is 5.73 Å². The number of nitrogens with zero attached hydrogens (tertiary/aromatic N) is 2. The Morgan fingerprint density at radius 2 is 2.11 bits per heavy atom. The minimum Gasteiger partial charge on any atom is -0.338 e. The third kappa shape index (κ3) is 3.35. The van der Waals surface area contributed by atoms with Gasteiger partial charge < -0.3 is 10.6 Å². The summed E-state index contributed by atoms with van der Waals surface area (Å²) < 4.78 is 0. The van der Waals surface area contributed by atoms with E-state index in [-0.39, 0.29) is 5.91 Å². The van der Waals surface area contributed by atoms with Crippen molar-refractivity contribution in [3.8, 4) is 0 Å². The van der Waals surface area contributed by atoms with E-state index in [2.05, 4.69) is 18.7 Å². The molecule has 0 aromatic carbocycles. The molecule has 2 heterocycles. The first-order valence-electron chi connectivity index (χ1n) is 6.95. The lowest BCUT2D eigenvalue weighted by Crippen LogP contribution is -2.52. The summed E-state index contributed by atoms with van der Waals surface area (Å²) >= 11 is 1.55. The third-order valence-electron chi connectivity index (χ3n) is 3.96. The smallest absolute Gasteiger partial charge is 0.245 e. The minimum absolute atomic E-state index is 0.0613. The predicted molar refractivity (Wildman–Crippen MR) is 79.2 cm³/mol. The van der Waals surface area contributed by atoms with Crippen LogP contribution in [0, 0.1) is 0 Å². The SMILES string of the molecule is CCC(C)N1CCN(C(=O)C(N)c2cccs2)CC1. The Morgan fingerprint density at radius 1 is 1.42 bits per heavy atom. The molecule has 2 rings (SSSR count). The molecule has 19 heavy (non-hydrogen) atoms. The molecule has 1 aliphatic rings. The number of amides is 1. The average molecular weight is 281 g/mol. The molecular formula is C14H23N3OS. The van der Waals surface area contributed by atoms with Crippen LogP contribution in [0.2, 0.25) is 0 Å². The number of hydrogen-bond donors (Lipinski definition) is 1. The van der Waals surface area contributed by atoms with Gasteiger partial charge in [-0.1, -0.05) is 13.0 Å². The van der Waals surface area contributed by atoms with Gasteiger partial charge in [0.15, 0.2) is 0 Å². The van der Waals surface area contributed by atoms with Crippen LogP contribution in [0.25, 0.3) is 0 Å². The highest BCUT2D eigenvalue weighted by Gasteiger charge is 2.27. The van der Waals surface area contributed by atoms with E-state index in [1.165, 1.54) is 0 Å². The second kappa shape index (κ2) is 6.50. The lowest BCUT2D eigenvalue weighted by Gasteiger charge is -2.38. The van der Waals surface area contributed by atoms with Crippen LogP contribution in [0.15, 0.2) is 17.5 Å². The third-order valence-corrected chi connectivity index (χ3v) is 4.91. The van der Waals surface area contributed by atoms with E-state index < -0.39 is 6.04 Å². The summed E-state index contributed by atoms with van der Waals surface area (Å²) in [6.45, 7) is 7.95. The molecule has 1 aliphatic heterocycles. The van der Waals surface area contributed by atoms with Gasteiger partial charge >= 0.3 is 0 Å². The van der Waals surface area contributed by atoms with Crippen molar-refractivity contribution in [2.45, 2.75) is 32.4 Å². The van der Waals surface area contributed by atoms with Gasteiger partial charge in [0.05, 0.1) is 0 Å². The number of thiophene rings is 1. The molecule has 106 valence electrons. The normalized spacial score (nSPS) is 20.3. The van der Waals surface area contributed by atoms with Crippen molar-refractivity contribution in [3.05, 3.63) is 22.4 Å². The number of hydrogen-bond acceptors (Lipinski definition) is 4. The largest absolute Gasteiger partial charge is 0.338 e. The highest BCUT2D eigenvalue weighted by atomic mass is 32.1. The highest BCUT2D eigenvalue weighted by molar-refractivity contribution is 7.10. The van der Waals surface area contributed by atoms with Crippen LogP contribution in [-0.4, -0.2) is 47.9 Å². The van der Waals surface area contributed by atoms with Gasteiger partial charge in [0, 0.05) is 37.1 Å². The maximum absolute atomic E-state index is 12.3. The first-order valence-corrected chi connectivity index (χ1v) is 7.83. The topological polar surface area (TPSA) is 49.6 Å². The standard InChI is InChI=1S/C14H23N3OS/c1-3-11(2)16-6-8-17(9-7-16)14(18)13(15)12-5-4-10-19-12/h4-5,10-11,13H,3,6-9,15H2,1-2H3. The van der Waals surface area contributed by atoms with Crippen LogP contribution < -0.4 is 5.73 Å². The molecule has 1 saturated heterocycles. The number of rotatable bonds is 4. The molecule has 5 heteroatoms. The molecule has 1 aromatic heterocycles. The van der Waals surface area contributed by atoms with E-state index in [1.54, 1.807) is 11.3 Å². The van der Waals surface area contributed by atoms with Gasteiger partial charge in [0.25, 0.3) is 0 Å². The summed E-state index contributed by atoms with van der Waals surface area (Å²) in [6, 6.07) is 3.98. The zero-order valence-electron chi connectivity index (χ0n) is 11.7. The molecule has 1 amide bonds. The summed E-state index contributed by atoms with van der Waals surface area (Å²) in [6.07, 6.45) is 1.16. The Kier molecular flexibility index (Phi) is 4.96. The summed E-state index contributed by atoms with van der Waals surface area (Å²) in [7, 11) is 0. The van der Waals surface area contributed by atoms with Crippen LogP contribution in [0.3, 0.4) is 0 Å².